The first-order valence-corrected chi connectivity index (χ1v) is 9.89. The maximum absolute atomic E-state index is 2.40. The predicted octanol–water partition coefficient (Wildman–Crippen LogP) is 4.53. The van der Waals surface area contributed by atoms with E-state index in [9.17, 15) is 0 Å². The Balaban J connectivity index is 2.10. The van der Waals surface area contributed by atoms with Crippen LogP contribution in [0.15, 0.2) is 83.7 Å². The van der Waals surface area contributed by atoms with E-state index in [2.05, 4.69) is 106 Å². The number of hydrogen-bond donors (Lipinski definition) is 0. The summed E-state index contributed by atoms with van der Waals surface area (Å²) in [4.78, 5) is 2.33. The lowest BCUT2D eigenvalue weighted by molar-refractivity contribution is 0.280. The number of allylic oxidation sites excluding steroid dienone is 2. The predicted molar refractivity (Wildman–Crippen MR) is 108 cm³/mol. The zero-order valence-electron chi connectivity index (χ0n) is 15.0. The Hall–Kier alpha value is -1.69. The molecule has 0 aromatic heterocycles. The van der Waals surface area contributed by atoms with Gasteiger partial charge in [0.2, 0.25) is 0 Å². The highest BCUT2D eigenvalue weighted by atomic mass is 31.1. The van der Waals surface area contributed by atoms with Crippen LogP contribution >= 0.6 is 7.92 Å². The summed E-state index contributed by atoms with van der Waals surface area (Å²) in [6.45, 7) is 4.60. The van der Waals surface area contributed by atoms with E-state index < -0.39 is 7.92 Å². The summed E-state index contributed by atoms with van der Waals surface area (Å²) >= 11 is 0. The first-order chi connectivity index (χ1) is 11.6. The smallest absolute Gasteiger partial charge is 0.0188 e. The Bertz CT molecular complexity index is 692. The van der Waals surface area contributed by atoms with Crippen molar-refractivity contribution in [1.29, 1.82) is 0 Å². The summed E-state index contributed by atoms with van der Waals surface area (Å²) < 4.78 is 0. The van der Waals surface area contributed by atoms with Gasteiger partial charge >= 0.3 is 0 Å². The molecule has 24 heavy (non-hydrogen) atoms. The number of nitrogens with zero attached hydrogens (tertiary/aromatic N) is 1. The van der Waals surface area contributed by atoms with Crippen molar-refractivity contribution in [2.45, 2.75) is 19.9 Å². The van der Waals surface area contributed by atoms with Gasteiger partial charge in [0.05, 0.1) is 0 Å². The van der Waals surface area contributed by atoms with Crippen molar-refractivity contribution in [1.82, 2.24) is 4.90 Å². The molecule has 1 nitrogen and oxygen atoms in total. The number of hydrogen-bond acceptors (Lipinski definition) is 1. The third kappa shape index (κ3) is 3.38. The minimum Gasteiger partial charge on any atom is -0.306 e. The summed E-state index contributed by atoms with van der Waals surface area (Å²) in [5.41, 5.74) is 1.44. The molecule has 1 aliphatic carbocycles. The van der Waals surface area contributed by atoms with Crippen LogP contribution in [0.2, 0.25) is 0 Å². The third-order valence-corrected chi connectivity index (χ3v) is 7.64. The Labute approximate surface area is 147 Å². The van der Waals surface area contributed by atoms with Gasteiger partial charge in [0, 0.05) is 12.0 Å². The molecule has 2 unspecified atom stereocenters. The van der Waals surface area contributed by atoms with E-state index in [1.54, 1.807) is 5.31 Å². The van der Waals surface area contributed by atoms with Crippen LogP contribution in [-0.4, -0.2) is 25.0 Å². The van der Waals surface area contributed by atoms with E-state index in [0.29, 0.717) is 12.0 Å². The van der Waals surface area contributed by atoms with E-state index >= 15 is 0 Å². The van der Waals surface area contributed by atoms with Gasteiger partial charge in [-0.1, -0.05) is 72.8 Å². The molecule has 2 aromatic rings. The summed E-state index contributed by atoms with van der Waals surface area (Å²) in [5.74, 6) is 0.478. The van der Waals surface area contributed by atoms with Gasteiger partial charge in [0.1, 0.15) is 0 Å². The summed E-state index contributed by atoms with van der Waals surface area (Å²) in [6.07, 6.45) is 4.72. The zero-order chi connectivity index (χ0) is 17.1. The number of rotatable bonds is 5. The molecular weight excluding hydrogens is 309 g/mol. The van der Waals surface area contributed by atoms with Crippen LogP contribution in [0.4, 0.5) is 0 Å². The maximum Gasteiger partial charge on any atom is 0.0188 e. The van der Waals surface area contributed by atoms with Gasteiger partial charge in [-0.2, -0.15) is 0 Å². The second-order valence-electron chi connectivity index (χ2n) is 6.66. The molecule has 2 aromatic carbocycles. The molecule has 0 radical (unpaired) electrons. The van der Waals surface area contributed by atoms with Crippen LogP contribution in [0.5, 0.6) is 0 Å². The van der Waals surface area contributed by atoms with Gasteiger partial charge in [-0.15, -0.1) is 0 Å². The Morgan fingerprint density at radius 1 is 0.875 bits per heavy atom. The molecule has 0 heterocycles. The second kappa shape index (κ2) is 7.47. The van der Waals surface area contributed by atoms with Crippen molar-refractivity contribution in [2.24, 2.45) is 5.92 Å². The zero-order valence-corrected chi connectivity index (χ0v) is 15.9. The van der Waals surface area contributed by atoms with Gasteiger partial charge in [-0.25, -0.2) is 0 Å². The molecular formula is C22H26NP. The van der Waals surface area contributed by atoms with Crippen molar-refractivity contribution in [3.05, 3.63) is 83.7 Å². The average Bonchev–Trinajstić information content (AvgIpc) is 2.98. The quantitative estimate of drug-likeness (QED) is 0.726. The molecule has 3 rings (SSSR count). The summed E-state index contributed by atoms with van der Waals surface area (Å²) in [7, 11) is 3.86. The van der Waals surface area contributed by atoms with Crippen LogP contribution in [0.3, 0.4) is 0 Å². The molecule has 0 bridgehead atoms. The first kappa shape index (κ1) is 17.1. The third-order valence-electron chi connectivity index (χ3n) is 4.88. The fraction of sp³-hybridized carbons (Fsp3) is 0.273. The van der Waals surface area contributed by atoms with Crippen LogP contribution in [0.25, 0.3) is 0 Å². The fourth-order valence-electron chi connectivity index (χ4n) is 3.30. The highest BCUT2D eigenvalue weighted by Gasteiger charge is 2.32. The molecule has 2 atom stereocenters. The topological polar surface area (TPSA) is 3.24 Å². The van der Waals surface area contributed by atoms with Crippen LogP contribution in [0.1, 0.15) is 13.8 Å². The Morgan fingerprint density at radius 2 is 1.38 bits per heavy atom. The molecule has 0 fully saturated rings. The van der Waals surface area contributed by atoms with Crippen molar-refractivity contribution in [2.75, 3.05) is 14.1 Å². The minimum absolute atomic E-state index is 0.478. The average molecular weight is 335 g/mol. The highest BCUT2D eigenvalue weighted by molar-refractivity contribution is 7.76. The van der Waals surface area contributed by atoms with Crippen LogP contribution < -0.4 is 10.6 Å². The SMILES string of the molecule is CC1=C(P(c2ccccc2)c2ccccc2)C(C(C)N(C)C)C=C1. The van der Waals surface area contributed by atoms with Gasteiger partial charge in [-0.05, 0) is 57.4 Å². The van der Waals surface area contributed by atoms with Gasteiger partial charge in [0.25, 0.3) is 0 Å². The van der Waals surface area contributed by atoms with Crippen molar-refractivity contribution >= 4 is 18.5 Å². The molecule has 2 heteroatoms. The lowest BCUT2D eigenvalue weighted by Crippen LogP contribution is -2.33. The van der Waals surface area contributed by atoms with Gasteiger partial charge in [0.15, 0.2) is 0 Å². The minimum atomic E-state index is -0.497. The Kier molecular flexibility index (Phi) is 5.33. The summed E-state index contributed by atoms with van der Waals surface area (Å²) in [6, 6.07) is 22.5. The normalized spacial score (nSPS) is 18.7. The fourth-order valence-corrected chi connectivity index (χ4v) is 6.13. The monoisotopic (exact) mass is 335 g/mol. The van der Waals surface area contributed by atoms with Crippen molar-refractivity contribution in [3.8, 4) is 0 Å². The summed E-state index contributed by atoms with van der Waals surface area (Å²) in [5, 5.41) is 4.48. The molecule has 1 aliphatic rings. The lowest BCUT2D eigenvalue weighted by atomic mass is 10.0. The molecule has 0 spiro atoms. The second-order valence-corrected chi connectivity index (χ2v) is 8.85. The molecule has 0 amide bonds. The molecule has 124 valence electrons. The van der Waals surface area contributed by atoms with E-state index in [1.165, 1.54) is 16.2 Å². The van der Waals surface area contributed by atoms with E-state index in [4.69, 9.17) is 0 Å². The highest BCUT2D eigenvalue weighted by Crippen LogP contribution is 2.52. The van der Waals surface area contributed by atoms with Gasteiger partial charge < -0.3 is 4.90 Å². The van der Waals surface area contributed by atoms with E-state index in [0.717, 1.165) is 0 Å². The molecule has 0 saturated carbocycles. The van der Waals surface area contributed by atoms with Gasteiger partial charge in [-0.3, -0.25) is 0 Å². The van der Waals surface area contributed by atoms with E-state index in [1.807, 2.05) is 0 Å². The largest absolute Gasteiger partial charge is 0.306 e. The molecule has 0 saturated heterocycles. The lowest BCUT2D eigenvalue weighted by Gasteiger charge is -2.32. The standard InChI is InChI=1S/C22H26NP/c1-17-15-16-21(18(2)23(3)4)22(17)24(19-11-7-5-8-12-19)20-13-9-6-10-14-20/h5-16,18,21H,1-4H3. The van der Waals surface area contributed by atoms with Crippen molar-refractivity contribution < 1.29 is 0 Å². The first-order valence-electron chi connectivity index (χ1n) is 8.55. The number of benzene rings is 2. The Morgan fingerprint density at radius 3 is 1.83 bits per heavy atom. The molecule has 0 N–H and O–H groups in total. The maximum atomic E-state index is 2.40. The van der Waals surface area contributed by atoms with E-state index in [-0.39, 0.29) is 0 Å². The molecule has 0 aliphatic heterocycles. The van der Waals surface area contributed by atoms with Crippen molar-refractivity contribution in [3.63, 3.8) is 0 Å². The van der Waals surface area contributed by atoms with Crippen LogP contribution in [-0.2, 0) is 0 Å². The van der Waals surface area contributed by atoms with Crippen LogP contribution in [0, 0.1) is 5.92 Å².